The number of anilines is 2. The van der Waals surface area contributed by atoms with Crippen molar-refractivity contribution >= 4 is 22.3 Å². The summed E-state index contributed by atoms with van der Waals surface area (Å²) < 4.78 is 23.7. The Morgan fingerprint density at radius 1 is 1.32 bits per heavy atom. The maximum atomic E-state index is 15.3. The van der Waals surface area contributed by atoms with Gasteiger partial charge in [0.15, 0.2) is 17.0 Å². The molecule has 3 heterocycles. The number of nitrogen functional groups attached to an aromatic ring is 1. The first-order valence-electron chi connectivity index (χ1n) is 11.0. The summed E-state index contributed by atoms with van der Waals surface area (Å²) in [5, 5.41) is 3.42. The molecule has 0 saturated heterocycles. The predicted octanol–water partition coefficient (Wildman–Crippen LogP) is 4.13. The molecule has 162 valence electrons. The number of rotatable bonds is 5. The molecular weight excluding hydrogens is 395 g/mol. The minimum atomic E-state index is -0.614. The van der Waals surface area contributed by atoms with Crippen molar-refractivity contribution in [2.24, 2.45) is 0 Å². The molecule has 2 aliphatic rings. The molecule has 1 aliphatic heterocycles. The minimum absolute atomic E-state index is 0.105. The number of nitrogens with two attached hydrogens (primary N) is 1. The highest BCUT2D eigenvalue weighted by molar-refractivity contribution is 6.00. The summed E-state index contributed by atoms with van der Waals surface area (Å²) in [6, 6.07) is 5.82. The molecule has 0 amide bonds. The van der Waals surface area contributed by atoms with E-state index in [1.807, 2.05) is 24.4 Å². The lowest BCUT2D eigenvalue weighted by Gasteiger charge is -2.39. The number of hydrogen-bond acceptors (Lipinski definition) is 5. The molecule has 0 bridgehead atoms. The molecule has 6 nitrogen and oxygen atoms in total. The standard InChI is InChI=1S/C24H27FN4O2/c1-15-13-29-21-17(22(15)30)19(26)18(25)20(23(21)31-14-24(29)9-3-4-10-24)28-12-6-8-16-7-2-5-11-27-16/h2,5,7,11,13,28H,3-4,6,8-10,12,14,26H2,1H3. The molecular formula is C24H27FN4O2. The number of benzene rings is 1. The van der Waals surface area contributed by atoms with Crippen LogP contribution in [0.1, 0.15) is 43.4 Å². The van der Waals surface area contributed by atoms with Crippen molar-refractivity contribution in [3.05, 3.63) is 57.9 Å². The molecule has 1 aliphatic carbocycles. The lowest BCUT2D eigenvalue weighted by atomic mass is 9.93. The van der Waals surface area contributed by atoms with Gasteiger partial charge in [0.2, 0.25) is 0 Å². The Kier molecular flexibility index (Phi) is 4.84. The first-order chi connectivity index (χ1) is 15.0. The second-order valence-electron chi connectivity index (χ2n) is 8.74. The average Bonchev–Trinajstić information content (AvgIpc) is 3.25. The van der Waals surface area contributed by atoms with Gasteiger partial charge in [-0.1, -0.05) is 18.9 Å². The number of nitrogens with zero attached hydrogens (tertiary/aromatic N) is 2. The Hall–Kier alpha value is -3.09. The maximum absolute atomic E-state index is 15.3. The summed E-state index contributed by atoms with van der Waals surface area (Å²) in [5.74, 6) is -0.217. The fourth-order valence-corrected chi connectivity index (χ4v) is 5.07. The zero-order chi connectivity index (χ0) is 21.6. The van der Waals surface area contributed by atoms with Gasteiger partial charge in [0.05, 0.1) is 22.1 Å². The van der Waals surface area contributed by atoms with Gasteiger partial charge in [-0.25, -0.2) is 4.39 Å². The number of pyridine rings is 2. The second-order valence-corrected chi connectivity index (χ2v) is 8.74. The van der Waals surface area contributed by atoms with Crippen molar-refractivity contribution in [3.8, 4) is 5.75 Å². The van der Waals surface area contributed by atoms with E-state index in [1.54, 1.807) is 13.1 Å². The minimum Gasteiger partial charge on any atom is -0.487 e. The molecule has 5 rings (SSSR count). The van der Waals surface area contributed by atoms with Crippen molar-refractivity contribution in [2.45, 2.75) is 51.0 Å². The molecule has 3 N–H and O–H groups in total. The average molecular weight is 423 g/mol. The summed E-state index contributed by atoms with van der Waals surface area (Å²) in [6.07, 6.45) is 9.41. The quantitative estimate of drug-likeness (QED) is 0.477. The van der Waals surface area contributed by atoms with Gasteiger partial charge < -0.3 is 20.4 Å². The summed E-state index contributed by atoms with van der Waals surface area (Å²) in [4.78, 5) is 17.3. The Bertz CT molecular complexity index is 1200. The van der Waals surface area contributed by atoms with E-state index in [4.69, 9.17) is 10.5 Å². The highest BCUT2D eigenvalue weighted by atomic mass is 19.1. The topological polar surface area (TPSA) is 82.2 Å². The lowest BCUT2D eigenvalue weighted by molar-refractivity contribution is 0.143. The SMILES string of the molecule is Cc1cn2c3c(c(NCCCc4ccccn4)c(F)c(N)c3c1=O)OCC21CCCC1. The summed E-state index contributed by atoms with van der Waals surface area (Å²) in [5.41, 5.74) is 8.10. The van der Waals surface area contributed by atoms with E-state index in [0.29, 0.717) is 30.0 Å². The number of aromatic nitrogens is 2. The molecule has 1 saturated carbocycles. The molecule has 7 heteroatoms. The molecule has 0 atom stereocenters. The fourth-order valence-electron chi connectivity index (χ4n) is 5.07. The normalized spacial score (nSPS) is 16.6. The first-order valence-corrected chi connectivity index (χ1v) is 11.0. The van der Waals surface area contributed by atoms with Gasteiger partial charge in [-0.05, 0) is 44.7 Å². The summed E-state index contributed by atoms with van der Waals surface area (Å²) in [7, 11) is 0. The van der Waals surface area contributed by atoms with Crippen LogP contribution in [0.4, 0.5) is 15.8 Å². The van der Waals surface area contributed by atoms with E-state index < -0.39 is 5.82 Å². The van der Waals surface area contributed by atoms with Gasteiger partial charge in [0.1, 0.15) is 12.3 Å². The molecule has 1 aromatic carbocycles. The largest absolute Gasteiger partial charge is 0.487 e. The van der Waals surface area contributed by atoms with E-state index in [9.17, 15) is 4.79 Å². The monoisotopic (exact) mass is 422 g/mol. The third-order valence-electron chi connectivity index (χ3n) is 6.72. The molecule has 3 aromatic rings. The van der Waals surface area contributed by atoms with Gasteiger partial charge >= 0.3 is 0 Å². The van der Waals surface area contributed by atoms with Crippen LogP contribution >= 0.6 is 0 Å². The molecule has 0 unspecified atom stereocenters. The number of nitrogens with one attached hydrogen (secondary N) is 1. The van der Waals surface area contributed by atoms with Gasteiger partial charge in [-0.2, -0.15) is 0 Å². The van der Waals surface area contributed by atoms with Gasteiger partial charge in [-0.15, -0.1) is 0 Å². The number of hydrogen-bond donors (Lipinski definition) is 2. The van der Waals surface area contributed by atoms with E-state index in [2.05, 4.69) is 14.9 Å². The Balaban J connectivity index is 1.56. The smallest absolute Gasteiger partial charge is 0.194 e. The third kappa shape index (κ3) is 3.14. The zero-order valence-corrected chi connectivity index (χ0v) is 17.7. The van der Waals surface area contributed by atoms with Crippen LogP contribution in [0.5, 0.6) is 5.75 Å². The van der Waals surface area contributed by atoms with Crippen molar-refractivity contribution in [3.63, 3.8) is 0 Å². The van der Waals surface area contributed by atoms with Crippen LogP contribution < -0.4 is 21.2 Å². The van der Waals surface area contributed by atoms with Crippen LogP contribution in [0, 0.1) is 12.7 Å². The predicted molar refractivity (Wildman–Crippen MR) is 120 cm³/mol. The Morgan fingerprint density at radius 2 is 2.13 bits per heavy atom. The highest BCUT2D eigenvalue weighted by Gasteiger charge is 2.42. The van der Waals surface area contributed by atoms with Gasteiger partial charge in [0, 0.05) is 30.2 Å². The summed E-state index contributed by atoms with van der Waals surface area (Å²) >= 11 is 0. The van der Waals surface area contributed by atoms with Crippen LogP contribution in [0.25, 0.3) is 10.9 Å². The van der Waals surface area contributed by atoms with Crippen LogP contribution in [-0.2, 0) is 12.0 Å². The zero-order valence-electron chi connectivity index (χ0n) is 17.7. The van der Waals surface area contributed by atoms with Crippen LogP contribution in [0.3, 0.4) is 0 Å². The molecule has 31 heavy (non-hydrogen) atoms. The summed E-state index contributed by atoms with van der Waals surface area (Å²) in [6.45, 7) is 2.78. The van der Waals surface area contributed by atoms with Crippen LogP contribution in [0.15, 0.2) is 35.4 Å². The Morgan fingerprint density at radius 3 is 2.87 bits per heavy atom. The third-order valence-corrected chi connectivity index (χ3v) is 6.72. The number of halogens is 1. The number of aryl methyl sites for hydroxylation is 2. The van der Waals surface area contributed by atoms with E-state index in [-0.39, 0.29) is 27.7 Å². The molecule has 0 radical (unpaired) electrons. The van der Waals surface area contributed by atoms with Crippen LogP contribution in [0.2, 0.25) is 0 Å². The second kappa shape index (κ2) is 7.55. The maximum Gasteiger partial charge on any atom is 0.194 e. The first kappa shape index (κ1) is 19.8. The van der Waals surface area contributed by atoms with Gasteiger partial charge in [-0.3, -0.25) is 9.78 Å². The van der Waals surface area contributed by atoms with E-state index in [0.717, 1.165) is 44.2 Å². The van der Waals surface area contributed by atoms with Crippen molar-refractivity contribution in [1.82, 2.24) is 9.55 Å². The molecule has 1 spiro atoms. The van der Waals surface area contributed by atoms with Crippen LogP contribution in [-0.4, -0.2) is 22.7 Å². The van der Waals surface area contributed by atoms with Gasteiger partial charge in [0.25, 0.3) is 0 Å². The highest BCUT2D eigenvalue weighted by Crippen LogP contribution is 2.48. The Labute approximate surface area is 180 Å². The van der Waals surface area contributed by atoms with E-state index >= 15 is 4.39 Å². The molecule has 1 fully saturated rings. The van der Waals surface area contributed by atoms with Crippen molar-refractivity contribution in [1.29, 1.82) is 0 Å². The van der Waals surface area contributed by atoms with Crippen molar-refractivity contribution in [2.75, 3.05) is 24.2 Å². The number of ether oxygens (including phenoxy) is 1. The van der Waals surface area contributed by atoms with E-state index in [1.165, 1.54) is 0 Å². The number of fused-ring (bicyclic) bond motifs is 1. The van der Waals surface area contributed by atoms with Crippen molar-refractivity contribution < 1.29 is 9.13 Å². The lowest BCUT2D eigenvalue weighted by Crippen LogP contribution is -2.41. The fraction of sp³-hybridized carbons (Fsp3) is 0.417. The molecule has 2 aromatic heterocycles.